The Balaban J connectivity index is 1.79. The fourth-order valence-electron chi connectivity index (χ4n) is 1.95. The monoisotopic (exact) mass is 311 g/mol. The Kier molecular flexibility index (Phi) is 3.67. The maximum atomic E-state index is 12.9. The van der Waals surface area contributed by atoms with Gasteiger partial charge in [-0.15, -0.1) is 10.2 Å². The molecule has 1 heterocycles. The number of aromatic nitrogens is 2. The minimum absolute atomic E-state index is 0.166. The van der Waals surface area contributed by atoms with Crippen LogP contribution in [0.1, 0.15) is 28.2 Å². The predicted molar refractivity (Wildman–Crippen MR) is 74.2 cm³/mol. The van der Waals surface area contributed by atoms with Gasteiger partial charge in [0.1, 0.15) is 5.82 Å². The summed E-state index contributed by atoms with van der Waals surface area (Å²) in [5, 5.41) is 7.74. The van der Waals surface area contributed by atoms with Crippen molar-refractivity contribution in [2.24, 2.45) is 0 Å². The maximum absolute atomic E-state index is 12.9. The van der Waals surface area contributed by atoms with E-state index in [2.05, 4.69) is 10.2 Å². The van der Waals surface area contributed by atoms with Gasteiger partial charge in [-0.25, -0.2) is 4.39 Å². The molecular formula is C13H11ClFN3OS. The van der Waals surface area contributed by atoms with E-state index >= 15 is 0 Å². The first-order valence-electron chi connectivity index (χ1n) is 6.18. The van der Waals surface area contributed by atoms with Crippen molar-refractivity contribution in [1.82, 2.24) is 15.1 Å². The summed E-state index contributed by atoms with van der Waals surface area (Å²) in [6.45, 7) is 0.445. The average Bonchev–Trinajstić information content (AvgIpc) is 3.19. The number of benzene rings is 1. The van der Waals surface area contributed by atoms with E-state index in [0.29, 0.717) is 11.6 Å². The second-order valence-corrected chi connectivity index (χ2v) is 6.21. The van der Waals surface area contributed by atoms with Gasteiger partial charge < -0.3 is 4.90 Å². The first-order chi connectivity index (χ1) is 9.63. The van der Waals surface area contributed by atoms with Crippen LogP contribution in [0.2, 0.25) is 4.47 Å². The van der Waals surface area contributed by atoms with Gasteiger partial charge in [0, 0.05) is 12.6 Å². The molecule has 1 aliphatic rings. The highest BCUT2D eigenvalue weighted by atomic mass is 35.5. The molecule has 0 radical (unpaired) electrons. The molecule has 0 saturated heterocycles. The van der Waals surface area contributed by atoms with Gasteiger partial charge in [-0.3, -0.25) is 4.79 Å². The zero-order valence-corrected chi connectivity index (χ0v) is 12.0. The third-order valence-electron chi connectivity index (χ3n) is 3.10. The van der Waals surface area contributed by atoms with Crippen LogP contribution in [0, 0.1) is 5.82 Å². The van der Waals surface area contributed by atoms with Gasteiger partial charge in [-0.1, -0.05) is 23.5 Å². The molecule has 0 aliphatic heterocycles. The Hall–Kier alpha value is -1.53. The quantitative estimate of drug-likeness (QED) is 0.871. The van der Waals surface area contributed by atoms with Gasteiger partial charge >= 0.3 is 0 Å². The largest absolute Gasteiger partial charge is 0.329 e. The zero-order chi connectivity index (χ0) is 14.1. The Morgan fingerprint density at radius 2 is 2.05 bits per heavy atom. The van der Waals surface area contributed by atoms with E-state index in [-0.39, 0.29) is 22.2 Å². The highest BCUT2D eigenvalue weighted by Crippen LogP contribution is 2.30. The van der Waals surface area contributed by atoms with E-state index in [4.69, 9.17) is 11.6 Å². The standard InChI is InChI=1S/C13H11ClFN3OS/c14-13-17-16-11(20-13)12(19)18(10-5-6-10)7-8-1-3-9(15)4-2-8/h1-4,10H,5-7H2. The molecule has 104 valence electrons. The van der Waals surface area contributed by atoms with Gasteiger partial charge in [0.15, 0.2) is 0 Å². The van der Waals surface area contributed by atoms with Gasteiger partial charge in [-0.05, 0) is 42.1 Å². The van der Waals surface area contributed by atoms with Gasteiger partial charge in [0.2, 0.25) is 9.47 Å². The highest BCUT2D eigenvalue weighted by molar-refractivity contribution is 7.17. The summed E-state index contributed by atoms with van der Waals surface area (Å²) in [5.41, 5.74) is 0.891. The number of carbonyl (C=O) groups excluding carboxylic acids is 1. The maximum Gasteiger partial charge on any atom is 0.285 e. The van der Waals surface area contributed by atoms with Crippen LogP contribution in [0.3, 0.4) is 0 Å². The van der Waals surface area contributed by atoms with Crippen molar-refractivity contribution in [1.29, 1.82) is 0 Å². The first kappa shape index (κ1) is 13.5. The molecule has 4 nitrogen and oxygen atoms in total. The fourth-order valence-corrected chi connectivity index (χ4v) is 2.74. The zero-order valence-electron chi connectivity index (χ0n) is 10.4. The molecule has 0 bridgehead atoms. The average molecular weight is 312 g/mol. The van der Waals surface area contributed by atoms with Crippen LogP contribution in [0.4, 0.5) is 4.39 Å². The second kappa shape index (κ2) is 5.46. The van der Waals surface area contributed by atoms with Gasteiger partial charge in [-0.2, -0.15) is 0 Å². The van der Waals surface area contributed by atoms with Crippen LogP contribution in [0.25, 0.3) is 0 Å². The highest BCUT2D eigenvalue weighted by Gasteiger charge is 2.34. The topological polar surface area (TPSA) is 46.1 Å². The van der Waals surface area contributed by atoms with Crippen LogP contribution in [-0.4, -0.2) is 27.0 Å². The normalized spacial score (nSPS) is 14.3. The van der Waals surface area contributed by atoms with Crippen molar-refractivity contribution in [2.45, 2.75) is 25.4 Å². The van der Waals surface area contributed by atoms with Gasteiger partial charge in [0.05, 0.1) is 0 Å². The second-order valence-electron chi connectivity index (χ2n) is 4.65. The molecule has 1 fully saturated rings. The summed E-state index contributed by atoms with van der Waals surface area (Å²) in [4.78, 5) is 14.2. The van der Waals surface area contributed by atoms with Crippen LogP contribution >= 0.6 is 22.9 Å². The lowest BCUT2D eigenvalue weighted by Gasteiger charge is -2.21. The first-order valence-corrected chi connectivity index (χ1v) is 7.37. The van der Waals surface area contributed by atoms with Crippen LogP contribution < -0.4 is 0 Å². The molecule has 0 unspecified atom stereocenters. The van der Waals surface area contributed by atoms with E-state index in [1.54, 1.807) is 17.0 Å². The number of hydrogen-bond donors (Lipinski definition) is 0. The third-order valence-corrected chi connectivity index (χ3v) is 4.10. The Bertz CT molecular complexity index is 627. The van der Waals surface area contributed by atoms with Crippen molar-refractivity contribution < 1.29 is 9.18 Å². The summed E-state index contributed by atoms with van der Waals surface area (Å²) in [6.07, 6.45) is 1.97. The molecule has 0 atom stereocenters. The molecule has 7 heteroatoms. The number of nitrogens with zero attached hydrogens (tertiary/aromatic N) is 3. The number of rotatable bonds is 4. The molecule has 0 N–H and O–H groups in total. The van der Waals surface area contributed by atoms with Crippen LogP contribution in [0.5, 0.6) is 0 Å². The van der Waals surface area contributed by atoms with E-state index < -0.39 is 0 Å². The van der Waals surface area contributed by atoms with Crippen molar-refractivity contribution in [3.8, 4) is 0 Å². The minimum atomic E-state index is -0.283. The summed E-state index contributed by atoms with van der Waals surface area (Å²) in [5.74, 6) is -0.449. The molecule has 20 heavy (non-hydrogen) atoms. The Morgan fingerprint density at radius 3 is 2.60 bits per heavy atom. The Labute approximate surface area is 124 Å². The van der Waals surface area contributed by atoms with Crippen LogP contribution in [-0.2, 0) is 6.54 Å². The minimum Gasteiger partial charge on any atom is -0.329 e. The van der Waals surface area contributed by atoms with Crippen molar-refractivity contribution in [3.63, 3.8) is 0 Å². The van der Waals surface area contributed by atoms with Crippen molar-refractivity contribution in [2.75, 3.05) is 0 Å². The molecule has 1 aliphatic carbocycles. The molecule has 3 rings (SSSR count). The predicted octanol–water partition coefficient (Wildman–Crippen LogP) is 3.14. The number of hydrogen-bond acceptors (Lipinski definition) is 4. The Morgan fingerprint density at radius 1 is 1.35 bits per heavy atom. The van der Waals surface area contributed by atoms with Crippen molar-refractivity contribution >= 4 is 28.8 Å². The smallest absolute Gasteiger partial charge is 0.285 e. The molecule has 0 spiro atoms. The summed E-state index contributed by atoms with van der Waals surface area (Å²) in [7, 11) is 0. The van der Waals surface area contributed by atoms with E-state index in [9.17, 15) is 9.18 Å². The van der Waals surface area contributed by atoms with E-state index in [0.717, 1.165) is 29.7 Å². The molecular weight excluding hydrogens is 301 g/mol. The molecule has 1 amide bonds. The van der Waals surface area contributed by atoms with E-state index in [1.165, 1.54) is 12.1 Å². The van der Waals surface area contributed by atoms with Crippen LogP contribution in [0.15, 0.2) is 24.3 Å². The number of amides is 1. The van der Waals surface area contributed by atoms with E-state index in [1.807, 2.05) is 0 Å². The summed E-state index contributed by atoms with van der Waals surface area (Å²) < 4.78 is 13.2. The lowest BCUT2D eigenvalue weighted by molar-refractivity contribution is 0.0728. The lowest BCUT2D eigenvalue weighted by Crippen LogP contribution is -2.32. The van der Waals surface area contributed by atoms with Crippen molar-refractivity contribution in [3.05, 3.63) is 45.1 Å². The number of halogens is 2. The fraction of sp³-hybridized carbons (Fsp3) is 0.308. The molecule has 1 aromatic heterocycles. The van der Waals surface area contributed by atoms with Gasteiger partial charge in [0.25, 0.3) is 5.91 Å². The molecule has 2 aromatic rings. The molecule has 1 aromatic carbocycles. The summed E-state index contributed by atoms with van der Waals surface area (Å²) >= 11 is 6.79. The lowest BCUT2D eigenvalue weighted by atomic mass is 10.2. The third kappa shape index (κ3) is 2.96. The molecule has 1 saturated carbocycles. The summed E-state index contributed by atoms with van der Waals surface area (Å²) in [6, 6.07) is 6.39. The SMILES string of the molecule is O=C(c1nnc(Cl)s1)N(Cc1ccc(F)cc1)C1CC1. The number of carbonyl (C=O) groups is 1.